The van der Waals surface area contributed by atoms with Crippen molar-refractivity contribution in [3.05, 3.63) is 34.5 Å². The van der Waals surface area contributed by atoms with E-state index in [0.717, 1.165) is 11.0 Å². The third-order valence-corrected chi connectivity index (χ3v) is 1.75. The van der Waals surface area contributed by atoms with Crippen molar-refractivity contribution in [2.24, 2.45) is 0 Å². The van der Waals surface area contributed by atoms with E-state index in [9.17, 15) is 4.79 Å². The second-order valence-corrected chi connectivity index (χ2v) is 2.49. The molecule has 1 aliphatic heterocycles. The first-order chi connectivity index (χ1) is 6.65. The minimum Gasteiger partial charge on any atom is -0.319 e. The topological polar surface area (TPSA) is 72.2 Å². The number of hydrogen-bond acceptors (Lipinski definition) is 3. The van der Waals surface area contributed by atoms with Gasteiger partial charge < -0.3 is 4.90 Å². The van der Waals surface area contributed by atoms with E-state index in [0.29, 0.717) is 0 Å². The highest BCUT2D eigenvalue weighted by Crippen LogP contribution is 2.24. The fourth-order valence-electron chi connectivity index (χ4n) is 1.08. The Morgan fingerprint density at radius 3 is 2.71 bits per heavy atom. The predicted octanol–water partition coefficient (Wildman–Crippen LogP) is 0.563. The van der Waals surface area contributed by atoms with Gasteiger partial charge in [0, 0.05) is 13.1 Å². The summed E-state index contributed by atoms with van der Waals surface area (Å²) in [5, 5.41) is 17.3. The second kappa shape index (κ2) is 3.43. The van der Waals surface area contributed by atoms with Crippen LogP contribution in [0.15, 0.2) is 23.0 Å². The summed E-state index contributed by atoms with van der Waals surface area (Å²) < 4.78 is 0. The molecule has 0 unspecified atom stereocenters. The van der Waals surface area contributed by atoms with Crippen LogP contribution in [0.1, 0.15) is 0 Å². The molecule has 5 heteroatoms. The summed E-state index contributed by atoms with van der Waals surface area (Å²) in [7, 11) is 1.42. The third kappa shape index (κ3) is 1.22. The summed E-state index contributed by atoms with van der Waals surface area (Å²) >= 11 is 0. The number of allylic oxidation sites excluding steroid dienone is 2. The van der Waals surface area contributed by atoms with Crippen LogP contribution in [-0.4, -0.2) is 17.9 Å². The molecule has 0 aromatic heterocycles. The van der Waals surface area contributed by atoms with Crippen molar-refractivity contribution in [2.45, 2.75) is 0 Å². The molecule has 0 aromatic rings. The zero-order valence-electron chi connectivity index (χ0n) is 7.27. The molecule has 0 fully saturated rings. The molecule has 1 heterocycles. The first kappa shape index (κ1) is 9.51. The van der Waals surface area contributed by atoms with Gasteiger partial charge in [-0.25, -0.2) is 10.1 Å². The lowest BCUT2D eigenvalue weighted by Gasteiger charge is -2.11. The monoisotopic (exact) mass is 184 g/mol. The van der Waals surface area contributed by atoms with E-state index in [1.54, 1.807) is 12.1 Å². The van der Waals surface area contributed by atoms with Crippen molar-refractivity contribution >= 4 is 5.91 Å². The van der Waals surface area contributed by atoms with E-state index in [1.165, 1.54) is 7.05 Å². The summed E-state index contributed by atoms with van der Waals surface area (Å²) in [4.78, 5) is 15.2. The maximum Gasteiger partial charge on any atom is 0.286 e. The molecule has 1 amide bonds. The van der Waals surface area contributed by atoms with Crippen LogP contribution in [0.25, 0.3) is 4.85 Å². The number of rotatable bonds is 0. The van der Waals surface area contributed by atoms with E-state index < -0.39 is 5.91 Å². The number of nitriles is 2. The van der Waals surface area contributed by atoms with E-state index in [2.05, 4.69) is 4.85 Å². The number of likely N-dealkylation sites (N-methyl/N-ethyl adjacent to an activating group) is 1. The summed E-state index contributed by atoms with van der Waals surface area (Å²) in [6, 6.07) is 3.42. The Bertz CT molecular complexity index is 462. The van der Waals surface area contributed by atoms with Crippen LogP contribution >= 0.6 is 0 Å². The van der Waals surface area contributed by atoms with Gasteiger partial charge >= 0.3 is 0 Å². The summed E-state index contributed by atoms with van der Waals surface area (Å²) in [6.45, 7) is 6.72. The third-order valence-electron chi connectivity index (χ3n) is 1.75. The highest BCUT2D eigenvalue weighted by molar-refractivity contribution is 5.96. The molecular formula is C9H4N4O. The molecule has 1 rings (SSSR count). The van der Waals surface area contributed by atoms with Crippen LogP contribution in [0.3, 0.4) is 0 Å². The average Bonchev–Trinajstić information content (AvgIpc) is 2.47. The average molecular weight is 184 g/mol. The first-order valence-corrected chi connectivity index (χ1v) is 3.57. The number of hydrogen-bond donors (Lipinski definition) is 0. The van der Waals surface area contributed by atoms with E-state index in [1.807, 2.05) is 0 Å². The Balaban J connectivity index is 3.41. The molecule has 0 saturated heterocycles. The van der Waals surface area contributed by atoms with Gasteiger partial charge in [-0.05, 0) is 0 Å². The lowest BCUT2D eigenvalue weighted by molar-refractivity contribution is -0.122. The summed E-state index contributed by atoms with van der Waals surface area (Å²) in [6.07, 6.45) is 1.11. The fraction of sp³-hybridized carbons (Fsp3) is 0.111. The number of carbonyl (C=O) groups is 1. The molecule has 0 bridgehead atoms. The highest BCUT2D eigenvalue weighted by Gasteiger charge is 2.27. The molecule has 0 atom stereocenters. The maximum atomic E-state index is 11.1. The molecule has 0 radical (unpaired) electrons. The van der Waals surface area contributed by atoms with Crippen LogP contribution in [-0.2, 0) is 4.79 Å². The largest absolute Gasteiger partial charge is 0.319 e. The van der Waals surface area contributed by atoms with E-state index >= 15 is 0 Å². The number of carbonyl (C=O) groups excluding carboxylic acids is 1. The van der Waals surface area contributed by atoms with Crippen molar-refractivity contribution in [2.75, 3.05) is 7.05 Å². The van der Waals surface area contributed by atoms with Crippen LogP contribution in [0, 0.1) is 29.2 Å². The van der Waals surface area contributed by atoms with Crippen LogP contribution in [0.4, 0.5) is 0 Å². The van der Waals surface area contributed by atoms with E-state index in [-0.39, 0.29) is 17.0 Å². The summed E-state index contributed by atoms with van der Waals surface area (Å²) in [5.41, 5.74) is -0.0915. The summed E-state index contributed by atoms with van der Waals surface area (Å²) in [5.74, 6) is -0.395. The van der Waals surface area contributed by atoms with Gasteiger partial charge in [-0.2, -0.15) is 5.26 Å². The second-order valence-electron chi connectivity index (χ2n) is 2.49. The molecule has 1 aliphatic rings. The lowest BCUT2D eigenvalue weighted by atomic mass is 10.2. The molecule has 5 nitrogen and oxygen atoms in total. The van der Waals surface area contributed by atoms with Crippen molar-refractivity contribution in [3.8, 4) is 12.1 Å². The first-order valence-electron chi connectivity index (χ1n) is 3.57. The zero-order valence-corrected chi connectivity index (χ0v) is 7.27. The molecule has 0 saturated carbocycles. The normalized spacial score (nSPS) is 18.0. The smallest absolute Gasteiger partial charge is 0.286 e. The molecule has 0 N–H and O–H groups in total. The van der Waals surface area contributed by atoms with Crippen molar-refractivity contribution in [3.63, 3.8) is 0 Å². The van der Waals surface area contributed by atoms with Crippen molar-refractivity contribution in [1.29, 1.82) is 10.5 Å². The van der Waals surface area contributed by atoms with Crippen molar-refractivity contribution < 1.29 is 4.79 Å². The van der Waals surface area contributed by atoms with Gasteiger partial charge in [-0.1, -0.05) is 0 Å². The Labute approximate surface area is 80.6 Å². The van der Waals surface area contributed by atoms with Gasteiger partial charge in [0.25, 0.3) is 11.6 Å². The van der Waals surface area contributed by atoms with Crippen molar-refractivity contribution in [1.82, 2.24) is 4.90 Å². The molecule has 0 aromatic carbocycles. The number of amides is 1. The molecule has 0 spiro atoms. The molecule has 14 heavy (non-hydrogen) atoms. The Morgan fingerprint density at radius 2 is 2.29 bits per heavy atom. The predicted molar refractivity (Wildman–Crippen MR) is 45.7 cm³/mol. The minimum absolute atomic E-state index is 0.0602. The van der Waals surface area contributed by atoms with Gasteiger partial charge in [-0.15, -0.1) is 0 Å². The van der Waals surface area contributed by atoms with Gasteiger partial charge in [0.05, 0.1) is 23.9 Å². The lowest BCUT2D eigenvalue weighted by Crippen LogP contribution is -2.19. The Morgan fingerprint density at radius 1 is 1.64 bits per heavy atom. The standard InChI is InChI=1S/C9H4N4O/c1-12-7(5-11)9-6(4-10)3-8(14)13(9)2/h3H,2H3/b9-7+. The van der Waals surface area contributed by atoms with Gasteiger partial charge in [0.1, 0.15) is 6.07 Å². The van der Waals surface area contributed by atoms with Crippen LogP contribution in [0.2, 0.25) is 0 Å². The quantitative estimate of drug-likeness (QED) is 0.408. The SMILES string of the molecule is [C-]#[N+]/C(C#N)=C1\C(C#N)=CC(=O)N1C. The maximum absolute atomic E-state index is 11.1. The molecule has 66 valence electrons. The van der Waals surface area contributed by atoms with Gasteiger partial charge in [0.15, 0.2) is 0 Å². The molecular weight excluding hydrogens is 180 g/mol. The Hall–Kier alpha value is -2.58. The fourth-order valence-corrected chi connectivity index (χ4v) is 1.08. The highest BCUT2D eigenvalue weighted by atomic mass is 16.2. The van der Waals surface area contributed by atoms with Crippen LogP contribution in [0.5, 0.6) is 0 Å². The van der Waals surface area contributed by atoms with E-state index in [4.69, 9.17) is 17.1 Å². The Kier molecular flexibility index (Phi) is 2.33. The molecule has 0 aliphatic carbocycles. The van der Waals surface area contributed by atoms with Gasteiger partial charge in [0.2, 0.25) is 0 Å². The minimum atomic E-state index is -0.395. The van der Waals surface area contributed by atoms with Gasteiger partial charge in [-0.3, -0.25) is 4.79 Å². The number of nitrogens with zero attached hydrogens (tertiary/aromatic N) is 4. The zero-order chi connectivity index (χ0) is 10.7. The van der Waals surface area contributed by atoms with Crippen LogP contribution < -0.4 is 0 Å².